The van der Waals surface area contributed by atoms with Crippen molar-refractivity contribution in [2.45, 2.75) is 103 Å². The molecule has 0 aromatic heterocycles. The van der Waals surface area contributed by atoms with E-state index in [-0.39, 0.29) is 12.4 Å². The Hall–Kier alpha value is -0.0500. The van der Waals surface area contributed by atoms with E-state index >= 15 is 0 Å². The maximum atomic E-state index is 8.93. The topological polar surface area (TPSA) is 20.2 Å². The van der Waals surface area contributed by atoms with Gasteiger partial charge >= 0.3 is 0 Å². The zero-order valence-electron chi connectivity index (χ0n) is 18.2. The molecule has 0 spiro atoms. The lowest BCUT2D eigenvalue weighted by atomic mass is 10.1. The average molecular weight is 390 g/mol. The zero-order chi connectivity index (χ0) is 18.6. The van der Waals surface area contributed by atoms with Gasteiger partial charge in [-0.15, -0.1) is 0 Å². The highest BCUT2D eigenvalue weighted by atomic mass is 35.5. The Labute approximate surface area is 171 Å². The maximum absolute atomic E-state index is 8.93. The molecule has 0 heterocycles. The largest absolute Gasteiger partial charge is 1.00 e. The van der Waals surface area contributed by atoms with Gasteiger partial charge in [0.1, 0.15) is 0 Å². The van der Waals surface area contributed by atoms with Gasteiger partial charge in [0.2, 0.25) is 0 Å². The first kappa shape index (κ1) is 28.2. The van der Waals surface area contributed by atoms with Crippen molar-refractivity contribution in [3.05, 3.63) is 12.2 Å². The van der Waals surface area contributed by atoms with Crippen LogP contribution in [0.15, 0.2) is 12.2 Å². The van der Waals surface area contributed by atoms with Crippen molar-refractivity contribution >= 4 is 0 Å². The highest BCUT2D eigenvalue weighted by Gasteiger charge is 2.12. The number of unbranched alkanes of at least 4 members (excludes halogenated alkanes) is 12. The van der Waals surface area contributed by atoms with Crippen molar-refractivity contribution in [2.75, 3.05) is 33.8 Å². The Balaban J connectivity index is 0. The summed E-state index contributed by atoms with van der Waals surface area (Å²) in [6, 6.07) is 0. The van der Waals surface area contributed by atoms with E-state index in [1.54, 1.807) is 0 Å². The maximum Gasteiger partial charge on any atom is 0.0804 e. The van der Waals surface area contributed by atoms with Crippen molar-refractivity contribution in [1.29, 1.82) is 0 Å². The molecule has 0 aromatic carbocycles. The molecule has 0 saturated heterocycles. The highest BCUT2D eigenvalue weighted by molar-refractivity contribution is 4.81. The Bertz CT molecular complexity index is 292. The lowest BCUT2D eigenvalue weighted by Crippen LogP contribution is -3.00. The van der Waals surface area contributed by atoms with Crippen LogP contribution in [0.25, 0.3) is 0 Å². The van der Waals surface area contributed by atoms with Gasteiger partial charge in [-0.3, -0.25) is 0 Å². The number of aliphatic hydroxyl groups excluding tert-OH is 1. The standard InChI is InChI=1S/C23H48NO.ClH/c1-4-5-6-7-8-9-10-11-12-13-14-15-16-17-18-19-21-24(2,3)22-20-23-25;/h11-12,25H,4-10,13-23H2,1-3H3;1H/q+1;/p-1/b12-11-;. The van der Waals surface area contributed by atoms with Crippen molar-refractivity contribution in [2.24, 2.45) is 0 Å². The fourth-order valence-electron chi connectivity index (χ4n) is 3.40. The van der Waals surface area contributed by atoms with E-state index in [1.165, 1.54) is 96.4 Å². The molecule has 0 radical (unpaired) electrons. The quantitative estimate of drug-likeness (QED) is 0.204. The predicted octanol–water partition coefficient (Wildman–Crippen LogP) is 3.49. The molecule has 0 aliphatic rings. The molecule has 26 heavy (non-hydrogen) atoms. The van der Waals surface area contributed by atoms with Crippen LogP contribution in [0.1, 0.15) is 103 Å². The van der Waals surface area contributed by atoms with E-state index in [0.29, 0.717) is 6.61 Å². The van der Waals surface area contributed by atoms with E-state index in [1.807, 2.05) is 0 Å². The summed E-state index contributed by atoms with van der Waals surface area (Å²) < 4.78 is 1.06. The van der Waals surface area contributed by atoms with Crippen LogP contribution >= 0.6 is 0 Å². The summed E-state index contributed by atoms with van der Waals surface area (Å²) in [7, 11) is 4.57. The number of aliphatic hydroxyl groups is 1. The third-order valence-corrected chi connectivity index (χ3v) is 5.20. The Morgan fingerprint density at radius 2 is 1.04 bits per heavy atom. The van der Waals surface area contributed by atoms with E-state index < -0.39 is 0 Å². The van der Waals surface area contributed by atoms with E-state index in [0.717, 1.165) is 17.4 Å². The van der Waals surface area contributed by atoms with Crippen molar-refractivity contribution in [3.8, 4) is 0 Å². The number of allylic oxidation sites excluding steroid dienone is 2. The van der Waals surface area contributed by atoms with Gasteiger partial charge in [0.05, 0.1) is 27.2 Å². The van der Waals surface area contributed by atoms with Crippen LogP contribution in [-0.2, 0) is 0 Å². The van der Waals surface area contributed by atoms with Crippen molar-refractivity contribution < 1.29 is 22.0 Å². The second kappa shape index (κ2) is 21.3. The summed E-state index contributed by atoms with van der Waals surface area (Å²) in [5.41, 5.74) is 0. The fourth-order valence-corrected chi connectivity index (χ4v) is 3.40. The molecular weight excluding hydrogens is 342 g/mol. The van der Waals surface area contributed by atoms with Gasteiger partial charge in [0.15, 0.2) is 0 Å². The lowest BCUT2D eigenvalue weighted by molar-refractivity contribution is -0.890. The smallest absolute Gasteiger partial charge is 0.0804 e. The molecule has 0 atom stereocenters. The van der Waals surface area contributed by atoms with Gasteiger partial charge in [-0.25, -0.2) is 0 Å². The molecule has 0 aliphatic heterocycles. The summed E-state index contributed by atoms with van der Waals surface area (Å²) in [6.07, 6.45) is 25.0. The minimum atomic E-state index is 0. The molecular formula is C23H48ClNO. The zero-order valence-corrected chi connectivity index (χ0v) is 18.9. The number of rotatable bonds is 19. The summed E-state index contributed by atoms with van der Waals surface area (Å²) in [5.74, 6) is 0. The fraction of sp³-hybridized carbons (Fsp3) is 0.913. The predicted molar refractivity (Wildman–Crippen MR) is 113 cm³/mol. The van der Waals surface area contributed by atoms with Crippen LogP contribution in [0.2, 0.25) is 0 Å². The molecule has 0 rings (SSSR count). The molecule has 3 heteroatoms. The Kier molecular flexibility index (Phi) is 23.0. The minimum Gasteiger partial charge on any atom is -1.00 e. The van der Waals surface area contributed by atoms with Crippen molar-refractivity contribution in [3.63, 3.8) is 0 Å². The number of halogens is 1. The van der Waals surface area contributed by atoms with Crippen LogP contribution in [-0.4, -0.2) is 43.4 Å². The molecule has 0 amide bonds. The highest BCUT2D eigenvalue weighted by Crippen LogP contribution is 2.11. The molecule has 0 aromatic rings. The van der Waals surface area contributed by atoms with Gasteiger partial charge in [0.25, 0.3) is 0 Å². The monoisotopic (exact) mass is 389 g/mol. The minimum absolute atomic E-state index is 0. The van der Waals surface area contributed by atoms with Gasteiger partial charge in [-0.05, 0) is 38.5 Å². The summed E-state index contributed by atoms with van der Waals surface area (Å²) in [4.78, 5) is 0. The molecule has 0 fully saturated rings. The molecule has 0 unspecified atom stereocenters. The number of hydrogen-bond donors (Lipinski definition) is 1. The molecule has 0 aliphatic carbocycles. The molecule has 0 bridgehead atoms. The van der Waals surface area contributed by atoms with Crippen molar-refractivity contribution in [1.82, 2.24) is 0 Å². The molecule has 158 valence electrons. The molecule has 2 nitrogen and oxygen atoms in total. The summed E-state index contributed by atoms with van der Waals surface area (Å²) in [6.45, 7) is 4.96. The third-order valence-electron chi connectivity index (χ3n) is 5.20. The van der Waals surface area contributed by atoms with Crippen LogP contribution in [0, 0.1) is 0 Å². The number of quaternary nitrogens is 1. The second-order valence-electron chi connectivity index (χ2n) is 8.40. The van der Waals surface area contributed by atoms with E-state index in [4.69, 9.17) is 5.11 Å². The summed E-state index contributed by atoms with van der Waals surface area (Å²) >= 11 is 0. The van der Waals surface area contributed by atoms with Gasteiger partial charge in [-0.2, -0.15) is 0 Å². The molecule has 0 saturated carbocycles. The average Bonchev–Trinajstić information content (AvgIpc) is 2.59. The second-order valence-corrected chi connectivity index (χ2v) is 8.40. The third kappa shape index (κ3) is 22.0. The first-order valence-corrected chi connectivity index (χ1v) is 11.2. The van der Waals surface area contributed by atoms with Gasteiger partial charge in [-0.1, -0.05) is 70.4 Å². The first-order chi connectivity index (χ1) is 12.1. The first-order valence-electron chi connectivity index (χ1n) is 11.2. The van der Waals surface area contributed by atoms with Gasteiger partial charge in [0, 0.05) is 13.0 Å². The lowest BCUT2D eigenvalue weighted by Gasteiger charge is -2.29. The number of nitrogens with zero attached hydrogens (tertiary/aromatic N) is 1. The summed E-state index contributed by atoms with van der Waals surface area (Å²) in [5, 5.41) is 8.93. The number of hydrogen-bond acceptors (Lipinski definition) is 1. The Morgan fingerprint density at radius 3 is 1.54 bits per heavy atom. The van der Waals surface area contributed by atoms with Crippen LogP contribution in [0.4, 0.5) is 0 Å². The van der Waals surface area contributed by atoms with Crippen LogP contribution < -0.4 is 12.4 Å². The normalized spacial score (nSPS) is 11.8. The van der Waals surface area contributed by atoms with Crippen LogP contribution in [0.3, 0.4) is 0 Å². The SMILES string of the molecule is CCCCCCCC/C=C\CCCCCCCC[N+](C)(C)CCCO.[Cl-]. The van der Waals surface area contributed by atoms with Gasteiger partial charge < -0.3 is 22.0 Å². The molecule has 1 N–H and O–H groups in total. The van der Waals surface area contributed by atoms with Crippen LogP contribution in [0.5, 0.6) is 0 Å². The van der Waals surface area contributed by atoms with E-state index in [2.05, 4.69) is 33.2 Å². The Morgan fingerprint density at radius 1 is 0.615 bits per heavy atom. The van der Waals surface area contributed by atoms with E-state index in [9.17, 15) is 0 Å².